The summed E-state index contributed by atoms with van der Waals surface area (Å²) in [5.74, 6) is -1.73. The normalized spacial score (nSPS) is 11.6. The smallest absolute Gasteiger partial charge is 0.311 e. The number of phenols is 4. The van der Waals surface area contributed by atoms with Gasteiger partial charge in [-0.25, -0.2) is 0 Å². The van der Waals surface area contributed by atoms with Crippen molar-refractivity contribution >= 4 is 22.5 Å². The summed E-state index contributed by atoms with van der Waals surface area (Å²) in [4.78, 5) is 12.5. The Morgan fingerprint density at radius 1 is 0.794 bits per heavy atom. The third-order valence-electron chi connectivity index (χ3n) is 5.73. The van der Waals surface area contributed by atoms with Crippen molar-refractivity contribution in [3.63, 3.8) is 0 Å². The van der Waals surface area contributed by atoms with Crippen LogP contribution in [0.1, 0.15) is 90.5 Å². The largest absolute Gasteiger partial charge is 0.507 e. The molecule has 0 spiro atoms. The lowest BCUT2D eigenvalue weighted by atomic mass is 10.0. The quantitative estimate of drug-likeness (QED) is 0.0797. The number of carbonyl (C=O) groups excluding carboxylic acids is 1. The van der Waals surface area contributed by atoms with Gasteiger partial charge in [-0.2, -0.15) is 0 Å². The molecule has 0 amide bonds. The standard InChI is InChI=1S/C28H38O6/c1-4-5-6-7-8-9-10-11-12-13-25(32)34-24(17-14-19(2)3)20-18-23(31)26-21(29)15-16-22(30)27(26)28(20)33/h14-18,29-31,33H,4-13H2,1-3H3/b24-17-. The van der Waals surface area contributed by atoms with E-state index in [0.717, 1.165) is 18.4 Å². The Bertz CT molecular complexity index is 1030. The maximum absolute atomic E-state index is 12.5. The van der Waals surface area contributed by atoms with Crippen molar-refractivity contribution < 1.29 is 30.0 Å². The zero-order chi connectivity index (χ0) is 25.1. The van der Waals surface area contributed by atoms with Crippen molar-refractivity contribution in [3.05, 3.63) is 41.5 Å². The first-order valence-electron chi connectivity index (χ1n) is 12.2. The number of fused-ring (bicyclic) bond motifs is 1. The van der Waals surface area contributed by atoms with Crippen molar-refractivity contribution in [2.75, 3.05) is 0 Å². The van der Waals surface area contributed by atoms with Gasteiger partial charge in [0.15, 0.2) is 0 Å². The van der Waals surface area contributed by atoms with Gasteiger partial charge in [-0.15, -0.1) is 0 Å². The van der Waals surface area contributed by atoms with Gasteiger partial charge in [0.1, 0.15) is 28.8 Å². The van der Waals surface area contributed by atoms with Gasteiger partial charge in [-0.1, -0.05) is 69.9 Å². The van der Waals surface area contributed by atoms with E-state index < -0.39 is 11.7 Å². The van der Waals surface area contributed by atoms with Crippen LogP contribution < -0.4 is 0 Å². The predicted octanol–water partition coefficient (Wildman–Crippen LogP) is 7.43. The molecule has 0 aromatic heterocycles. The molecule has 0 aliphatic rings. The van der Waals surface area contributed by atoms with Crippen LogP contribution in [-0.2, 0) is 9.53 Å². The summed E-state index contributed by atoms with van der Waals surface area (Å²) in [7, 11) is 0. The average Bonchev–Trinajstić information content (AvgIpc) is 2.79. The lowest BCUT2D eigenvalue weighted by molar-refractivity contribution is -0.136. The Balaban J connectivity index is 2.11. The van der Waals surface area contributed by atoms with Gasteiger partial charge in [0.05, 0.1) is 16.3 Å². The molecular formula is C28H38O6. The summed E-state index contributed by atoms with van der Waals surface area (Å²) in [6.07, 6.45) is 13.8. The van der Waals surface area contributed by atoms with Crippen molar-refractivity contribution in [3.8, 4) is 23.0 Å². The van der Waals surface area contributed by atoms with Crippen LogP contribution in [0.3, 0.4) is 0 Å². The lowest BCUT2D eigenvalue weighted by Crippen LogP contribution is -2.04. The van der Waals surface area contributed by atoms with E-state index in [-0.39, 0.29) is 45.8 Å². The molecule has 2 rings (SSSR count). The van der Waals surface area contributed by atoms with Gasteiger partial charge in [0, 0.05) is 6.42 Å². The summed E-state index contributed by atoms with van der Waals surface area (Å²) < 4.78 is 5.58. The van der Waals surface area contributed by atoms with Crippen molar-refractivity contribution in [2.24, 2.45) is 0 Å². The monoisotopic (exact) mass is 470 g/mol. The predicted molar refractivity (Wildman–Crippen MR) is 136 cm³/mol. The van der Waals surface area contributed by atoms with Crippen molar-refractivity contribution in [1.29, 1.82) is 0 Å². The second-order valence-corrected chi connectivity index (χ2v) is 8.97. The maximum atomic E-state index is 12.5. The Kier molecular flexibility index (Phi) is 10.8. The second kappa shape index (κ2) is 13.5. The number of benzene rings is 2. The van der Waals surface area contributed by atoms with Crippen LogP contribution in [0, 0.1) is 0 Å². The summed E-state index contributed by atoms with van der Waals surface area (Å²) in [6.45, 7) is 5.96. The minimum absolute atomic E-state index is 0.0452. The highest BCUT2D eigenvalue weighted by Gasteiger charge is 2.21. The van der Waals surface area contributed by atoms with Gasteiger partial charge in [-0.05, 0) is 44.5 Å². The minimum atomic E-state index is -0.435. The number of hydrogen-bond acceptors (Lipinski definition) is 6. The SMILES string of the molecule is CCCCCCCCCCCC(=O)O/C(=C\C=C(C)C)c1cc(O)c2c(O)ccc(O)c2c1O. The fourth-order valence-electron chi connectivity index (χ4n) is 3.85. The lowest BCUT2D eigenvalue weighted by Gasteiger charge is -2.15. The summed E-state index contributed by atoms with van der Waals surface area (Å²) in [6, 6.07) is 3.66. The van der Waals surface area contributed by atoms with Gasteiger partial charge in [0.2, 0.25) is 0 Å². The molecule has 6 nitrogen and oxygen atoms in total. The molecule has 0 aliphatic carbocycles. The number of allylic oxidation sites excluding steroid dienone is 3. The molecule has 0 heterocycles. The highest BCUT2D eigenvalue weighted by molar-refractivity contribution is 6.04. The fraction of sp³-hybridized carbons (Fsp3) is 0.464. The Labute approximate surface area is 202 Å². The first-order valence-corrected chi connectivity index (χ1v) is 12.2. The number of ether oxygens (including phenoxy) is 1. The molecule has 0 atom stereocenters. The molecule has 0 radical (unpaired) electrons. The Morgan fingerprint density at radius 3 is 1.94 bits per heavy atom. The minimum Gasteiger partial charge on any atom is -0.507 e. The van der Waals surface area contributed by atoms with E-state index in [1.807, 2.05) is 13.8 Å². The van der Waals surface area contributed by atoms with Gasteiger partial charge in [0.25, 0.3) is 0 Å². The molecule has 2 aromatic rings. The first-order chi connectivity index (χ1) is 16.3. The van der Waals surface area contributed by atoms with E-state index in [1.165, 1.54) is 56.7 Å². The Morgan fingerprint density at radius 2 is 1.35 bits per heavy atom. The van der Waals surface area contributed by atoms with Gasteiger partial charge in [-0.3, -0.25) is 4.79 Å². The van der Waals surface area contributed by atoms with E-state index in [1.54, 1.807) is 12.2 Å². The zero-order valence-electron chi connectivity index (χ0n) is 20.6. The third-order valence-corrected chi connectivity index (χ3v) is 5.73. The second-order valence-electron chi connectivity index (χ2n) is 8.97. The Hall–Kier alpha value is -3.15. The number of phenolic OH excluding ortho intramolecular Hbond substituents is 4. The van der Waals surface area contributed by atoms with E-state index in [9.17, 15) is 25.2 Å². The van der Waals surface area contributed by atoms with Crippen molar-refractivity contribution in [1.82, 2.24) is 0 Å². The maximum Gasteiger partial charge on any atom is 0.311 e. The number of aromatic hydroxyl groups is 4. The molecule has 0 saturated carbocycles. The number of esters is 1. The molecule has 6 heteroatoms. The van der Waals surface area contributed by atoms with Crippen LogP contribution in [0.2, 0.25) is 0 Å². The third kappa shape index (κ3) is 7.72. The van der Waals surface area contributed by atoms with E-state index in [4.69, 9.17) is 4.74 Å². The van der Waals surface area contributed by atoms with Crippen LogP contribution in [0.4, 0.5) is 0 Å². The highest BCUT2D eigenvalue weighted by atomic mass is 16.5. The summed E-state index contributed by atoms with van der Waals surface area (Å²) in [5, 5.41) is 41.4. The summed E-state index contributed by atoms with van der Waals surface area (Å²) >= 11 is 0. The van der Waals surface area contributed by atoms with Gasteiger partial charge >= 0.3 is 5.97 Å². The van der Waals surface area contributed by atoms with Crippen molar-refractivity contribution in [2.45, 2.75) is 85.0 Å². The molecular weight excluding hydrogens is 432 g/mol. The zero-order valence-corrected chi connectivity index (χ0v) is 20.6. The number of rotatable bonds is 13. The molecule has 0 saturated heterocycles. The molecule has 0 aliphatic heterocycles. The highest BCUT2D eigenvalue weighted by Crippen LogP contribution is 2.46. The first kappa shape index (κ1) is 27.1. The van der Waals surface area contributed by atoms with Crippen LogP contribution in [0.15, 0.2) is 35.9 Å². The molecule has 0 bridgehead atoms. The number of hydrogen-bond donors (Lipinski definition) is 4. The van der Waals surface area contributed by atoms with E-state index in [2.05, 4.69) is 6.92 Å². The van der Waals surface area contributed by atoms with Gasteiger partial charge < -0.3 is 25.2 Å². The summed E-state index contributed by atoms with van der Waals surface area (Å²) in [5.41, 5.74) is 0.987. The molecule has 2 aromatic carbocycles. The fourth-order valence-corrected chi connectivity index (χ4v) is 3.85. The van der Waals surface area contributed by atoms with E-state index >= 15 is 0 Å². The number of carbonyl (C=O) groups is 1. The molecule has 186 valence electrons. The molecule has 34 heavy (non-hydrogen) atoms. The molecule has 0 unspecified atom stereocenters. The average molecular weight is 471 g/mol. The topological polar surface area (TPSA) is 107 Å². The molecule has 0 fully saturated rings. The van der Waals surface area contributed by atoms with Crippen LogP contribution >= 0.6 is 0 Å². The van der Waals surface area contributed by atoms with Crippen LogP contribution in [0.5, 0.6) is 23.0 Å². The molecule has 4 N–H and O–H groups in total. The van der Waals surface area contributed by atoms with Crippen LogP contribution in [0.25, 0.3) is 16.5 Å². The van der Waals surface area contributed by atoms with E-state index in [0.29, 0.717) is 6.42 Å². The number of unbranched alkanes of at least 4 members (excludes halogenated alkanes) is 8. The van der Waals surface area contributed by atoms with Crippen LogP contribution in [-0.4, -0.2) is 26.4 Å².